The molecule has 100 valence electrons. The van der Waals surface area contributed by atoms with Gasteiger partial charge in [0.05, 0.1) is 12.5 Å². The van der Waals surface area contributed by atoms with Gasteiger partial charge in [0, 0.05) is 6.42 Å². The number of piperidine rings is 1. The van der Waals surface area contributed by atoms with Crippen molar-refractivity contribution in [2.24, 2.45) is 0 Å². The number of hydrogen-bond donors (Lipinski definition) is 2. The highest BCUT2D eigenvalue weighted by Gasteiger charge is 2.39. The molecule has 0 bridgehead atoms. The van der Waals surface area contributed by atoms with E-state index in [0.717, 1.165) is 0 Å². The molecule has 0 aliphatic carbocycles. The van der Waals surface area contributed by atoms with Crippen molar-refractivity contribution in [1.29, 1.82) is 0 Å². The van der Waals surface area contributed by atoms with Crippen LogP contribution in [0.3, 0.4) is 0 Å². The number of amides is 3. The molecule has 2 N–H and O–H groups in total. The standard InChI is InChI=1S/C13H13NO5/c15-7-8-1-3-9(4-2-8)10-5-6-11(16)14(12(10)17)13(18)19/h1-4,10,15H,5-7H2,(H,18,19). The molecular weight excluding hydrogens is 250 g/mol. The van der Waals surface area contributed by atoms with Crippen LogP contribution in [0.2, 0.25) is 0 Å². The summed E-state index contributed by atoms with van der Waals surface area (Å²) in [5.41, 5.74) is 1.36. The summed E-state index contributed by atoms with van der Waals surface area (Å²) in [6.07, 6.45) is -1.20. The summed E-state index contributed by atoms with van der Waals surface area (Å²) in [6.45, 7) is -0.0986. The number of carboxylic acid groups (broad SMARTS) is 1. The first-order chi connectivity index (χ1) is 9.04. The van der Waals surface area contributed by atoms with Crippen LogP contribution in [0.4, 0.5) is 4.79 Å². The summed E-state index contributed by atoms with van der Waals surface area (Å²) < 4.78 is 0. The minimum atomic E-state index is -1.54. The highest BCUT2D eigenvalue weighted by molar-refractivity contribution is 6.11. The number of likely N-dealkylation sites (tertiary alicyclic amines) is 1. The zero-order valence-electron chi connectivity index (χ0n) is 10.1. The third-order valence-corrected chi connectivity index (χ3v) is 3.17. The molecule has 6 heteroatoms. The van der Waals surface area contributed by atoms with Gasteiger partial charge in [0.25, 0.3) is 0 Å². The Balaban J connectivity index is 2.26. The lowest BCUT2D eigenvalue weighted by atomic mass is 9.89. The van der Waals surface area contributed by atoms with Gasteiger partial charge in [0.2, 0.25) is 11.8 Å². The molecule has 1 fully saturated rings. The fourth-order valence-corrected chi connectivity index (χ4v) is 2.15. The molecule has 1 heterocycles. The third-order valence-electron chi connectivity index (χ3n) is 3.17. The molecular formula is C13H13NO5. The summed E-state index contributed by atoms with van der Waals surface area (Å²) >= 11 is 0. The first-order valence-electron chi connectivity index (χ1n) is 5.84. The Morgan fingerprint density at radius 2 is 1.89 bits per heavy atom. The smallest absolute Gasteiger partial charge is 0.421 e. The maximum atomic E-state index is 12.0. The van der Waals surface area contributed by atoms with Crippen LogP contribution in [0.5, 0.6) is 0 Å². The fourth-order valence-electron chi connectivity index (χ4n) is 2.15. The molecule has 0 radical (unpaired) electrons. The van der Waals surface area contributed by atoms with Crippen molar-refractivity contribution in [3.8, 4) is 0 Å². The maximum absolute atomic E-state index is 12.0. The van der Waals surface area contributed by atoms with Crippen molar-refractivity contribution >= 4 is 17.9 Å². The average Bonchev–Trinajstić information content (AvgIpc) is 2.39. The molecule has 0 aromatic heterocycles. The minimum Gasteiger partial charge on any atom is -0.464 e. The van der Waals surface area contributed by atoms with Gasteiger partial charge in [0.1, 0.15) is 0 Å². The minimum absolute atomic E-state index is 0.0322. The molecule has 1 aliphatic heterocycles. The number of rotatable bonds is 2. The number of carbonyl (C=O) groups excluding carboxylic acids is 2. The highest BCUT2D eigenvalue weighted by atomic mass is 16.4. The Kier molecular flexibility index (Phi) is 3.62. The zero-order chi connectivity index (χ0) is 14.0. The van der Waals surface area contributed by atoms with Gasteiger partial charge in [-0.3, -0.25) is 9.59 Å². The van der Waals surface area contributed by atoms with Crippen LogP contribution in [0.15, 0.2) is 24.3 Å². The first kappa shape index (κ1) is 13.2. The van der Waals surface area contributed by atoms with Gasteiger partial charge in [-0.05, 0) is 17.5 Å². The third kappa shape index (κ3) is 2.48. The second-order valence-corrected chi connectivity index (χ2v) is 4.34. The number of imide groups is 3. The maximum Gasteiger partial charge on any atom is 0.421 e. The summed E-state index contributed by atoms with van der Waals surface area (Å²) in [4.78, 5) is 34.6. The number of aliphatic hydroxyl groups excluding tert-OH is 1. The molecule has 1 atom stereocenters. The lowest BCUT2D eigenvalue weighted by molar-refractivity contribution is -0.146. The van der Waals surface area contributed by atoms with Crippen LogP contribution in [0.25, 0.3) is 0 Å². The van der Waals surface area contributed by atoms with Gasteiger partial charge in [-0.1, -0.05) is 24.3 Å². The van der Waals surface area contributed by atoms with Crippen LogP contribution in [0.1, 0.15) is 29.9 Å². The summed E-state index contributed by atoms with van der Waals surface area (Å²) in [5.74, 6) is -2.01. The van der Waals surface area contributed by atoms with E-state index in [1.54, 1.807) is 24.3 Å². The van der Waals surface area contributed by atoms with Gasteiger partial charge in [-0.15, -0.1) is 0 Å². The lowest BCUT2D eigenvalue weighted by Crippen LogP contribution is -2.47. The van der Waals surface area contributed by atoms with E-state index in [0.29, 0.717) is 17.5 Å². The zero-order valence-corrected chi connectivity index (χ0v) is 10.1. The lowest BCUT2D eigenvalue weighted by Gasteiger charge is -2.27. The molecule has 1 unspecified atom stereocenters. The molecule has 6 nitrogen and oxygen atoms in total. The van der Waals surface area contributed by atoms with E-state index in [-0.39, 0.29) is 17.9 Å². The fraction of sp³-hybridized carbons (Fsp3) is 0.308. The highest BCUT2D eigenvalue weighted by Crippen LogP contribution is 2.29. The van der Waals surface area contributed by atoms with E-state index < -0.39 is 23.8 Å². The Hall–Kier alpha value is -2.21. The van der Waals surface area contributed by atoms with Gasteiger partial charge in [0.15, 0.2) is 0 Å². The van der Waals surface area contributed by atoms with E-state index in [1.807, 2.05) is 0 Å². The van der Waals surface area contributed by atoms with Crippen LogP contribution in [0, 0.1) is 0 Å². The second-order valence-electron chi connectivity index (χ2n) is 4.34. The Morgan fingerprint density at radius 3 is 2.42 bits per heavy atom. The van der Waals surface area contributed by atoms with E-state index in [4.69, 9.17) is 10.2 Å². The van der Waals surface area contributed by atoms with Crippen molar-refractivity contribution in [2.75, 3.05) is 0 Å². The van der Waals surface area contributed by atoms with E-state index in [9.17, 15) is 14.4 Å². The van der Waals surface area contributed by atoms with E-state index in [1.165, 1.54) is 0 Å². The normalized spacial score (nSPS) is 19.6. The van der Waals surface area contributed by atoms with Crippen molar-refractivity contribution < 1.29 is 24.6 Å². The average molecular weight is 263 g/mol. The summed E-state index contributed by atoms with van der Waals surface area (Å²) in [6, 6.07) is 6.68. The second kappa shape index (κ2) is 5.19. The molecule has 0 spiro atoms. The van der Waals surface area contributed by atoms with E-state index in [2.05, 4.69) is 0 Å². The van der Waals surface area contributed by atoms with Crippen molar-refractivity contribution in [3.05, 3.63) is 35.4 Å². The molecule has 1 aliphatic rings. The van der Waals surface area contributed by atoms with Crippen LogP contribution in [-0.2, 0) is 16.2 Å². The number of hydrogen-bond acceptors (Lipinski definition) is 4. The molecule has 0 saturated carbocycles. The Labute approximate surface area is 109 Å². The van der Waals surface area contributed by atoms with Gasteiger partial charge in [-0.2, -0.15) is 4.90 Å². The number of aliphatic hydroxyl groups is 1. The SMILES string of the molecule is O=C(O)N1C(=O)CCC(c2ccc(CO)cc2)C1=O. The summed E-state index contributed by atoms with van der Waals surface area (Å²) in [7, 11) is 0. The van der Waals surface area contributed by atoms with Gasteiger partial charge in [-0.25, -0.2) is 4.79 Å². The molecule has 1 aromatic rings. The molecule has 19 heavy (non-hydrogen) atoms. The number of benzene rings is 1. The van der Waals surface area contributed by atoms with Gasteiger partial charge < -0.3 is 10.2 Å². The van der Waals surface area contributed by atoms with E-state index >= 15 is 0 Å². The Morgan fingerprint density at radius 1 is 1.26 bits per heavy atom. The topological polar surface area (TPSA) is 94.9 Å². The summed E-state index contributed by atoms with van der Waals surface area (Å²) in [5, 5.41) is 17.8. The van der Waals surface area contributed by atoms with Crippen LogP contribution < -0.4 is 0 Å². The van der Waals surface area contributed by atoms with Crippen LogP contribution >= 0.6 is 0 Å². The predicted molar refractivity (Wildman–Crippen MR) is 64.2 cm³/mol. The van der Waals surface area contributed by atoms with Crippen molar-refractivity contribution in [2.45, 2.75) is 25.4 Å². The molecule has 1 saturated heterocycles. The first-order valence-corrected chi connectivity index (χ1v) is 5.84. The molecule has 1 aromatic carbocycles. The molecule has 2 rings (SSSR count). The van der Waals surface area contributed by atoms with Crippen molar-refractivity contribution in [3.63, 3.8) is 0 Å². The van der Waals surface area contributed by atoms with Crippen molar-refractivity contribution in [1.82, 2.24) is 4.90 Å². The van der Waals surface area contributed by atoms with Crippen LogP contribution in [-0.4, -0.2) is 33.0 Å². The number of nitrogens with zero attached hydrogens (tertiary/aromatic N) is 1. The monoisotopic (exact) mass is 263 g/mol. The largest absolute Gasteiger partial charge is 0.464 e. The Bertz CT molecular complexity index is 522. The quantitative estimate of drug-likeness (QED) is 0.779. The predicted octanol–water partition coefficient (Wildman–Crippen LogP) is 1.09. The molecule has 3 amide bonds. The number of carbonyl (C=O) groups is 3. The van der Waals surface area contributed by atoms with Gasteiger partial charge >= 0.3 is 6.09 Å².